The van der Waals surface area contributed by atoms with Crippen LogP contribution in [0.2, 0.25) is 0 Å². The molecule has 0 aliphatic heterocycles. The number of unbranched alkanes of at least 4 members (excludes halogenated alkanes) is 33. The van der Waals surface area contributed by atoms with E-state index in [9.17, 15) is 14.7 Å². The normalized spacial score (nSPS) is 12.5. The summed E-state index contributed by atoms with van der Waals surface area (Å²) in [6.07, 6.45) is 68.0. The lowest BCUT2D eigenvalue weighted by atomic mass is 10.0. The second kappa shape index (κ2) is 52.2. The van der Waals surface area contributed by atoms with E-state index in [4.69, 9.17) is 9.47 Å². The molecule has 0 saturated heterocycles. The Morgan fingerprint density at radius 1 is 0.377 bits per heavy atom. The average molecular weight is 855 g/mol. The van der Waals surface area contributed by atoms with E-state index in [2.05, 4.69) is 62.5 Å². The lowest BCUT2D eigenvalue weighted by Crippen LogP contribution is -2.28. The van der Waals surface area contributed by atoms with Gasteiger partial charge in [-0.1, -0.05) is 242 Å². The molecule has 5 heteroatoms. The van der Waals surface area contributed by atoms with Gasteiger partial charge in [-0.3, -0.25) is 9.59 Å². The van der Waals surface area contributed by atoms with E-state index in [1.807, 2.05) is 0 Å². The molecule has 1 atom stereocenters. The van der Waals surface area contributed by atoms with Crippen molar-refractivity contribution in [2.75, 3.05) is 13.2 Å². The van der Waals surface area contributed by atoms with E-state index in [-0.39, 0.29) is 25.2 Å². The molecule has 0 aliphatic rings. The Kier molecular flexibility index (Phi) is 50.4. The minimum Gasteiger partial charge on any atom is -0.462 e. The zero-order valence-corrected chi connectivity index (χ0v) is 40.7. The van der Waals surface area contributed by atoms with Gasteiger partial charge in [0.15, 0.2) is 6.10 Å². The fourth-order valence-electron chi connectivity index (χ4n) is 7.78. The minimum absolute atomic E-state index is 0.0708. The van der Waals surface area contributed by atoms with Gasteiger partial charge in [-0.05, 0) is 70.6 Å². The van der Waals surface area contributed by atoms with Gasteiger partial charge in [0.2, 0.25) is 0 Å². The summed E-state index contributed by atoms with van der Waals surface area (Å²) in [5.41, 5.74) is 0. The number of esters is 2. The quantitative estimate of drug-likeness (QED) is 0.0375. The third-order valence-electron chi connectivity index (χ3n) is 11.8. The van der Waals surface area contributed by atoms with Gasteiger partial charge in [0.05, 0.1) is 6.61 Å². The Morgan fingerprint density at radius 2 is 0.672 bits per heavy atom. The standard InChI is InChI=1S/C56H102O5/c1-3-5-7-9-11-13-15-17-19-20-21-22-23-24-25-26-27-28-29-30-31-32-33-34-35-36-37-39-41-43-45-47-49-51-56(59)61-54(52-57)53-60-55(58)50-48-46-44-42-40-38-18-16-14-12-10-8-6-4-2/h10,12,15-18,20-21,54,57H,3-9,11,13-14,19,22-53H2,1-2H3/b12-10-,17-15-,18-16-,21-20-. The summed E-state index contributed by atoms with van der Waals surface area (Å²) in [5, 5.41) is 9.61. The van der Waals surface area contributed by atoms with Crippen molar-refractivity contribution < 1.29 is 24.2 Å². The van der Waals surface area contributed by atoms with Crippen LogP contribution in [0.4, 0.5) is 0 Å². The van der Waals surface area contributed by atoms with Crippen molar-refractivity contribution in [2.45, 2.75) is 283 Å². The number of hydrogen-bond donors (Lipinski definition) is 1. The number of carbonyl (C=O) groups excluding carboxylic acids is 2. The minimum atomic E-state index is -0.776. The molecule has 0 amide bonds. The molecule has 0 fully saturated rings. The largest absolute Gasteiger partial charge is 0.462 e. The highest BCUT2D eigenvalue weighted by atomic mass is 16.6. The smallest absolute Gasteiger partial charge is 0.306 e. The van der Waals surface area contributed by atoms with Crippen LogP contribution in [0.5, 0.6) is 0 Å². The number of hydrogen-bond acceptors (Lipinski definition) is 5. The van der Waals surface area contributed by atoms with E-state index in [0.717, 1.165) is 57.8 Å². The van der Waals surface area contributed by atoms with Crippen LogP contribution < -0.4 is 0 Å². The van der Waals surface area contributed by atoms with Crippen molar-refractivity contribution in [2.24, 2.45) is 0 Å². The number of rotatable bonds is 49. The summed E-state index contributed by atoms with van der Waals surface area (Å²) >= 11 is 0. The highest BCUT2D eigenvalue weighted by Gasteiger charge is 2.16. The summed E-state index contributed by atoms with van der Waals surface area (Å²) in [5.74, 6) is -0.597. The van der Waals surface area contributed by atoms with Gasteiger partial charge >= 0.3 is 11.9 Å². The first-order valence-corrected chi connectivity index (χ1v) is 26.7. The maximum atomic E-state index is 12.3. The van der Waals surface area contributed by atoms with Gasteiger partial charge in [0, 0.05) is 12.8 Å². The van der Waals surface area contributed by atoms with Crippen LogP contribution >= 0.6 is 0 Å². The van der Waals surface area contributed by atoms with Crippen molar-refractivity contribution in [3.63, 3.8) is 0 Å². The molecule has 61 heavy (non-hydrogen) atoms. The maximum absolute atomic E-state index is 12.3. The molecule has 0 heterocycles. The van der Waals surface area contributed by atoms with Crippen molar-refractivity contribution in [1.29, 1.82) is 0 Å². The van der Waals surface area contributed by atoms with E-state index >= 15 is 0 Å². The monoisotopic (exact) mass is 855 g/mol. The first kappa shape index (κ1) is 58.9. The van der Waals surface area contributed by atoms with Gasteiger partial charge in [0.25, 0.3) is 0 Å². The second-order valence-corrected chi connectivity index (χ2v) is 17.9. The third kappa shape index (κ3) is 50.4. The summed E-state index contributed by atoms with van der Waals surface area (Å²) in [6, 6.07) is 0. The Labute approximate surface area is 379 Å². The van der Waals surface area contributed by atoms with E-state index in [1.54, 1.807) is 0 Å². The molecule has 0 aromatic rings. The van der Waals surface area contributed by atoms with Gasteiger partial charge in [-0.2, -0.15) is 0 Å². The molecule has 356 valence electrons. The van der Waals surface area contributed by atoms with Crippen molar-refractivity contribution in [1.82, 2.24) is 0 Å². The molecule has 1 N–H and O–H groups in total. The van der Waals surface area contributed by atoms with Gasteiger partial charge in [-0.15, -0.1) is 0 Å². The first-order valence-electron chi connectivity index (χ1n) is 26.7. The Balaban J connectivity index is 3.42. The lowest BCUT2D eigenvalue weighted by Gasteiger charge is -2.15. The molecule has 5 nitrogen and oxygen atoms in total. The zero-order valence-electron chi connectivity index (χ0n) is 40.7. The average Bonchev–Trinajstić information content (AvgIpc) is 3.26. The Hall–Kier alpha value is -2.14. The van der Waals surface area contributed by atoms with Crippen LogP contribution in [0.1, 0.15) is 277 Å². The predicted molar refractivity (Wildman–Crippen MR) is 265 cm³/mol. The molecule has 1 unspecified atom stereocenters. The molecule has 0 bridgehead atoms. The lowest BCUT2D eigenvalue weighted by molar-refractivity contribution is -0.161. The van der Waals surface area contributed by atoms with Crippen LogP contribution in [0.25, 0.3) is 0 Å². The molecule has 0 rings (SSSR count). The van der Waals surface area contributed by atoms with Crippen LogP contribution in [0.3, 0.4) is 0 Å². The fourth-order valence-corrected chi connectivity index (χ4v) is 7.78. The number of carbonyl (C=O) groups is 2. The molecule has 0 aliphatic carbocycles. The Bertz CT molecular complexity index is 1010. The van der Waals surface area contributed by atoms with E-state index in [0.29, 0.717) is 12.8 Å². The Morgan fingerprint density at radius 3 is 1.02 bits per heavy atom. The van der Waals surface area contributed by atoms with Crippen molar-refractivity contribution in [3.8, 4) is 0 Å². The van der Waals surface area contributed by atoms with Crippen LogP contribution in [0, 0.1) is 0 Å². The molecule has 0 aromatic carbocycles. The highest BCUT2D eigenvalue weighted by molar-refractivity contribution is 5.70. The highest BCUT2D eigenvalue weighted by Crippen LogP contribution is 2.16. The molecule has 0 aromatic heterocycles. The second-order valence-electron chi connectivity index (χ2n) is 17.9. The van der Waals surface area contributed by atoms with Gasteiger partial charge in [0.1, 0.15) is 6.61 Å². The summed E-state index contributed by atoms with van der Waals surface area (Å²) < 4.78 is 10.7. The SMILES string of the molecule is CCCC/C=C\C/C=C\CCCCCCCC(=O)OCC(CO)OC(=O)CCCCCCCCCCCCCCCCCCCCCCC/C=C\C/C=C\CCCCCCC. The first-order chi connectivity index (χ1) is 30.1. The van der Waals surface area contributed by atoms with Crippen LogP contribution in [0.15, 0.2) is 48.6 Å². The molecular weight excluding hydrogens is 753 g/mol. The molecule has 0 radical (unpaired) electrons. The van der Waals surface area contributed by atoms with Crippen LogP contribution in [-0.4, -0.2) is 36.4 Å². The molecule has 0 spiro atoms. The van der Waals surface area contributed by atoms with E-state index < -0.39 is 6.10 Å². The van der Waals surface area contributed by atoms with Crippen molar-refractivity contribution >= 4 is 11.9 Å². The maximum Gasteiger partial charge on any atom is 0.306 e. The van der Waals surface area contributed by atoms with Gasteiger partial charge < -0.3 is 14.6 Å². The van der Waals surface area contributed by atoms with Gasteiger partial charge in [-0.25, -0.2) is 0 Å². The third-order valence-corrected chi connectivity index (χ3v) is 11.8. The molecule has 0 saturated carbocycles. The van der Waals surface area contributed by atoms with E-state index in [1.165, 1.54) is 193 Å². The summed E-state index contributed by atoms with van der Waals surface area (Å²) in [6.45, 7) is 4.10. The van der Waals surface area contributed by atoms with Crippen LogP contribution in [-0.2, 0) is 19.1 Å². The predicted octanol–water partition coefficient (Wildman–Crippen LogP) is 17.7. The van der Waals surface area contributed by atoms with Crippen molar-refractivity contribution in [3.05, 3.63) is 48.6 Å². The fraction of sp³-hybridized carbons (Fsp3) is 0.821. The number of ether oxygens (including phenoxy) is 2. The summed E-state index contributed by atoms with van der Waals surface area (Å²) in [7, 11) is 0. The summed E-state index contributed by atoms with van der Waals surface area (Å²) in [4.78, 5) is 24.4. The number of aliphatic hydroxyl groups is 1. The number of aliphatic hydroxyl groups excluding tert-OH is 1. The number of allylic oxidation sites excluding steroid dienone is 8. The molecular formula is C56H102O5. The zero-order chi connectivity index (χ0) is 44.2. The topological polar surface area (TPSA) is 72.8 Å².